The molecule has 1 aromatic carbocycles. The summed E-state index contributed by atoms with van der Waals surface area (Å²) in [5, 5.41) is 4.23. The largest absolute Gasteiger partial charge is 0.329 e. The van der Waals surface area contributed by atoms with Gasteiger partial charge in [-0.05, 0) is 18.2 Å². The molecule has 4 heteroatoms. The predicted octanol–water partition coefficient (Wildman–Crippen LogP) is 2.27. The van der Waals surface area contributed by atoms with E-state index in [9.17, 15) is 0 Å². The maximum atomic E-state index is 5.53. The van der Waals surface area contributed by atoms with E-state index >= 15 is 0 Å². The SMILES string of the molecule is NCCn1nccc1-c1cccc(Br)c1. The first kappa shape index (κ1) is 10.4. The third kappa shape index (κ3) is 2.27. The van der Waals surface area contributed by atoms with Crippen LogP contribution in [0.2, 0.25) is 0 Å². The van der Waals surface area contributed by atoms with E-state index in [-0.39, 0.29) is 0 Å². The molecule has 0 unspecified atom stereocenters. The first-order chi connectivity index (χ1) is 7.31. The molecule has 0 spiro atoms. The van der Waals surface area contributed by atoms with E-state index in [0.29, 0.717) is 6.54 Å². The summed E-state index contributed by atoms with van der Waals surface area (Å²) in [5.74, 6) is 0. The quantitative estimate of drug-likeness (QED) is 0.926. The second kappa shape index (κ2) is 4.59. The molecular weight excluding hydrogens is 254 g/mol. The van der Waals surface area contributed by atoms with E-state index in [1.165, 1.54) is 0 Å². The number of nitrogens with two attached hydrogens (primary N) is 1. The molecule has 0 aliphatic rings. The van der Waals surface area contributed by atoms with Gasteiger partial charge >= 0.3 is 0 Å². The topological polar surface area (TPSA) is 43.8 Å². The number of nitrogens with zero attached hydrogens (tertiary/aromatic N) is 2. The molecule has 0 bridgehead atoms. The minimum Gasteiger partial charge on any atom is -0.329 e. The van der Waals surface area contributed by atoms with Gasteiger partial charge in [-0.3, -0.25) is 4.68 Å². The molecule has 15 heavy (non-hydrogen) atoms. The van der Waals surface area contributed by atoms with Gasteiger partial charge in [0.25, 0.3) is 0 Å². The minimum absolute atomic E-state index is 0.600. The Balaban J connectivity index is 2.40. The van der Waals surface area contributed by atoms with Crippen LogP contribution < -0.4 is 5.73 Å². The summed E-state index contributed by atoms with van der Waals surface area (Å²) in [6, 6.07) is 10.2. The Kier molecular flexibility index (Phi) is 3.18. The molecule has 0 aliphatic heterocycles. The van der Waals surface area contributed by atoms with Crippen LogP contribution in [0.25, 0.3) is 11.3 Å². The van der Waals surface area contributed by atoms with Crippen LogP contribution in [0, 0.1) is 0 Å². The Morgan fingerprint density at radius 3 is 2.93 bits per heavy atom. The van der Waals surface area contributed by atoms with Crippen LogP contribution in [-0.4, -0.2) is 16.3 Å². The number of hydrogen-bond donors (Lipinski definition) is 1. The Morgan fingerprint density at radius 2 is 2.20 bits per heavy atom. The third-order valence-corrected chi connectivity index (χ3v) is 2.67. The summed E-state index contributed by atoms with van der Waals surface area (Å²) in [6.07, 6.45) is 1.80. The lowest BCUT2D eigenvalue weighted by molar-refractivity contribution is 0.631. The fourth-order valence-corrected chi connectivity index (χ4v) is 1.93. The summed E-state index contributed by atoms with van der Waals surface area (Å²) in [4.78, 5) is 0. The zero-order valence-corrected chi connectivity index (χ0v) is 9.81. The van der Waals surface area contributed by atoms with E-state index in [4.69, 9.17) is 5.73 Å². The van der Waals surface area contributed by atoms with Gasteiger partial charge in [0.2, 0.25) is 0 Å². The second-order valence-electron chi connectivity index (χ2n) is 3.24. The molecule has 2 aromatic rings. The highest BCUT2D eigenvalue weighted by Gasteiger charge is 2.04. The van der Waals surface area contributed by atoms with Crippen LogP contribution in [0.5, 0.6) is 0 Å². The predicted molar refractivity (Wildman–Crippen MR) is 64.4 cm³/mol. The van der Waals surface area contributed by atoms with Crippen molar-refractivity contribution >= 4 is 15.9 Å². The highest BCUT2D eigenvalue weighted by atomic mass is 79.9. The standard InChI is InChI=1S/C11H12BrN3/c12-10-3-1-2-9(8-10)11-4-6-14-15(11)7-5-13/h1-4,6,8H,5,7,13H2. The van der Waals surface area contributed by atoms with Crippen molar-refractivity contribution in [3.63, 3.8) is 0 Å². The lowest BCUT2D eigenvalue weighted by atomic mass is 10.1. The van der Waals surface area contributed by atoms with E-state index in [1.54, 1.807) is 6.20 Å². The first-order valence-corrected chi connectivity index (χ1v) is 5.58. The lowest BCUT2D eigenvalue weighted by Gasteiger charge is -2.06. The van der Waals surface area contributed by atoms with Crippen LogP contribution in [0.1, 0.15) is 0 Å². The fraction of sp³-hybridized carbons (Fsp3) is 0.182. The fourth-order valence-electron chi connectivity index (χ4n) is 1.53. The van der Waals surface area contributed by atoms with Crippen LogP contribution >= 0.6 is 15.9 Å². The Labute approximate surface area is 97.0 Å². The zero-order chi connectivity index (χ0) is 10.7. The molecule has 3 nitrogen and oxygen atoms in total. The van der Waals surface area contributed by atoms with Gasteiger partial charge in [-0.25, -0.2) is 0 Å². The average molecular weight is 266 g/mol. The van der Waals surface area contributed by atoms with Gasteiger partial charge in [-0.15, -0.1) is 0 Å². The van der Waals surface area contributed by atoms with Gasteiger partial charge in [0.15, 0.2) is 0 Å². The summed E-state index contributed by atoms with van der Waals surface area (Å²) in [6.45, 7) is 1.34. The molecule has 0 atom stereocenters. The average Bonchev–Trinajstić information content (AvgIpc) is 2.66. The van der Waals surface area contributed by atoms with Gasteiger partial charge in [-0.1, -0.05) is 28.1 Å². The smallest absolute Gasteiger partial charge is 0.0683 e. The number of benzene rings is 1. The van der Waals surface area contributed by atoms with Crippen LogP contribution in [-0.2, 0) is 6.54 Å². The summed E-state index contributed by atoms with van der Waals surface area (Å²) >= 11 is 3.46. The van der Waals surface area contributed by atoms with Crippen molar-refractivity contribution in [1.82, 2.24) is 9.78 Å². The lowest BCUT2D eigenvalue weighted by Crippen LogP contribution is -2.11. The summed E-state index contributed by atoms with van der Waals surface area (Å²) in [5.41, 5.74) is 7.77. The minimum atomic E-state index is 0.600. The molecule has 0 saturated heterocycles. The molecule has 78 valence electrons. The molecule has 1 aromatic heterocycles. The molecule has 0 fully saturated rings. The van der Waals surface area contributed by atoms with E-state index in [2.05, 4.69) is 33.2 Å². The van der Waals surface area contributed by atoms with E-state index < -0.39 is 0 Å². The van der Waals surface area contributed by atoms with Crippen molar-refractivity contribution in [3.8, 4) is 11.3 Å². The molecule has 0 saturated carbocycles. The van der Waals surface area contributed by atoms with Gasteiger partial charge < -0.3 is 5.73 Å². The van der Waals surface area contributed by atoms with Gasteiger partial charge in [-0.2, -0.15) is 5.10 Å². The van der Waals surface area contributed by atoms with E-state index in [0.717, 1.165) is 22.3 Å². The monoisotopic (exact) mass is 265 g/mol. The van der Waals surface area contributed by atoms with Crippen molar-refractivity contribution < 1.29 is 0 Å². The number of halogens is 1. The summed E-state index contributed by atoms with van der Waals surface area (Å²) < 4.78 is 2.99. The molecular formula is C11H12BrN3. The number of rotatable bonds is 3. The number of hydrogen-bond acceptors (Lipinski definition) is 2. The molecule has 0 aliphatic carbocycles. The normalized spacial score (nSPS) is 10.5. The number of aromatic nitrogens is 2. The maximum Gasteiger partial charge on any atom is 0.0683 e. The Bertz CT molecular complexity index is 451. The van der Waals surface area contributed by atoms with Crippen LogP contribution in [0.15, 0.2) is 41.0 Å². The van der Waals surface area contributed by atoms with Crippen molar-refractivity contribution in [2.45, 2.75) is 6.54 Å². The van der Waals surface area contributed by atoms with Crippen molar-refractivity contribution in [2.75, 3.05) is 6.54 Å². The zero-order valence-electron chi connectivity index (χ0n) is 8.23. The highest BCUT2D eigenvalue weighted by molar-refractivity contribution is 9.10. The summed E-state index contributed by atoms with van der Waals surface area (Å²) in [7, 11) is 0. The maximum absolute atomic E-state index is 5.53. The van der Waals surface area contributed by atoms with Gasteiger partial charge in [0.05, 0.1) is 12.2 Å². The van der Waals surface area contributed by atoms with Crippen LogP contribution in [0.3, 0.4) is 0 Å². The van der Waals surface area contributed by atoms with Crippen molar-refractivity contribution in [2.24, 2.45) is 5.73 Å². The van der Waals surface area contributed by atoms with Gasteiger partial charge in [0, 0.05) is 22.8 Å². The van der Waals surface area contributed by atoms with Crippen molar-refractivity contribution in [3.05, 3.63) is 41.0 Å². The molecule has 2 rings (SSSR count). The van der Waals surface area contributed by atoms with Crippen molar-refractivity contribution in [1.29, 1.82) is 0 Å². The second-order valence-corrected chi connectivity index (χ2v) is 4.15. The molecule has 0 radical (unpaired) electrons. The molecule has 2 N–H and O–H groups in total. The molecule has 1 heterocycles. The third-order valence-electron chi connectivity index (χ3n) is 2.18. The molecule has 0 amide bonds. The first-order valence-electron chi connectivity index (χ1n) is 4.79. The Hall–Kier alpha value is -1.13. The highest BCUT2D eigenvalue weighted by Crippen LogP contribution is 2.22. The van der Waals surface area contributed by atoms with Gasteiger partial charge in [0.1, 0.15) is 0 Å². The van der Waals surface area contributed by atoms with Crippen LogP contribution in [0.4, 0.5) is 0 Å². The Morgan fingerprint density at radius 1 is 1.33 bits per heavy atom. The van der Waals surface area contributed by atoms with E-state index in [1.807, 2.05) is 22.9 Å².